The molecule has 0 bridgehead atoms. The van der Waals surface area contributed by atoms with Crippen molar-refractivity contribution in [2.75, 3.05) is 0 Å². The molecule has 0 saturated carbocycles. The smallest absolute Gasteiger partial charge is 0.265 e. The summed E-state index contributed by atoms with van der Waals surface area (Å²) in [6.07, 6.45) is 1.72. The lowest BCUT2D eigenvalue weighted by molar-refractivity contribution is 0.785. The molecule has 0 aliphatic carbocycles. The lowest BCUT2D eigenvalue weighted by atomic mass is 10.1. The Labute approximate surface area is 151 Å². The average molecular weight is 344 g/mol. The molecule has 0 saturated heterocycles. The number of rotatable bonds is 2. The molecule has 0 aliphatic rings. The van der Waals surface area contributed by atoms with E-state index in [-0.39, 0.29) is 5.56 Å². The van der Waals surface area contributed by atoms with E-state index in [1.807, 2.05) is 64.1 Å². The van der Waals surface area contributed by atoms with Crippen LogP contribution in [0.3, 0.4) is 0 Å². The third-order valence-electron chi connectivity index (χ3n) is 4.73. The van der Waals surface area contributed by atoms with Crippen molar-refractivity contribution in [1.29, 1.82) is 0 Å². The van der Waals surface area contributed by atoms with Crippen LogP contribution in [-0.2, 0) is 0 Å². The molecule has 0 atom stereocenters. The van der Waals surface area contributed by atoms with Gasteiger partial charge in [0.25, 0.3) is 5.56 Å². The largest absolute Gasteiger partial charge is 0.298 e. The van der Waals surface area contributed by atoms with Gasteiger partial charge in [0.05, 0.1) is 23.3 Å². The molecule has 0 spiro atoms. The van der Waals surface area contributed by atoms with Crippen LogP contribution in [0.2, 0.25) is 0 Å². The number of hydrogen-bond donors (Lipinski definition) is 0. The summed E-state index contributed by atoms with van der Waals surface area (Å²) in [7, 11) is 0. The maximum atomic E-state index is 13.3. The van der Waals surface area contributed by atoms with Crippen molar-refractivity contribution < 1.29 is 0 Å². The molecule has 26 heavy (non-hydrogen) atoms. The van der Waals surface area contributed by atoms with Crippen molar-refractivity contribution in [2.24, 2.45) is 0 Å². The van der Waals surface area contributed by atoms with Gasteiger partial charge in [0.1, 0.15) is 5.52 Å². The fraction of sp³-hybridized carbons (Fsp3) is 0.190. The molecule has 5 heteroatoms. The topological polar surface area (TPSA) is 52.7 Å². The zero-order chi connectivity index (χ0) is 18.4. The molecule has 2 aromatic heterocycles. The summed E-state index contributed by atoms with van der Waals surface area (Å²) in [6, 6.07) is 13.9. The van der Waals surface area contributed by atoms with Crippen molar-refractivity contribution in [1.82, 2.24) is 19.6 Å². The lowest BCUT2D eigenvalue weighted by Gasteiger charge is -2.12. The van der Waals surface area contributed by atoms with Gasteiger partial charge < -0.3 is 0 Å². The summed E-state index contributed by atoms with van der Waals surface area (Å²) in [5.74, 6) is 0. The fourth-order valence-electron chi connectivity index (χ4n) is 3.36. The van der Waals surface area contributed by atoms with Gasteiger partial charge in [-0.25, -0.2) is 4.68 Å². The monoisotopic (exact) mass is 344 g/mol. The van der Waals surface area contributed by atoms with Gasteiger partial charge in [-0.05, 0) is 51.0 Å². The number of benzene rings is 2. The Bertz CT molecular complexity index is 1200. The summed E-state index contributed by atoms with van der Waals surface area (Å²) in [4.78, 5) is 13.3. The van der Waals surface area contributed by atoms with Crippen LogP contribution in [0.4, 0.5) is 0 Å². The van der Waals surface area contributed by atoms with Gasteiger partial charge in [-0.15, -0.1) is 0 Å². The van der Waals surface area contributed by atoms with Crippen LogP contribution in [0.1, 0.15) is 22.4 Å². The van der Waals surface area contributed by atoms with Gasteiger partial charge in [0.2, 0.25) is 0 Å². The summed E-state index contributed by atoms with van der Waals surface area (Å²) in [5, 5.41) is 9.80. The quantitative estimate of drug-likeness (QED) is 0.556. The highest BCUT2D eigenvalue weighted by Crippen LogP contribution is 2.21. The Morgan fingerprint density at radius 1 is 0.846 bits per heavy atom. The Balaban J connectivity index is 2.07. The van der Waals surface area contributed by atoms with Crippen LogP contribution in [0, 0.1) is 27.7 Å². The minimum atomic E-state index is -0.168. The van der Waals surface area contributed by atoms with Gasteiger partial charge in [0, 0.05) is 5.39 Å². The summed E-state index contributed by atoms with van der Waals surface area (Å²) >= 11 is 0. The summed E-state index contributed by atoms with van der Waals surface area (Å²) in [5.41, 5.74) is 6.08. The van der Waals surface area contributed by atoms with Gasteiger partial charge >= 0.3 is 0 Å². The van der Waals surface area contributed by atoms with Crippen molar-refractivity contribution in [3.63, 3.8) is 0 Å². The molecule has 0 aliphatic heterocycles. The second-order valence-corrected chi connectivity index (χ2v) is 6.70. The normalized spacial score (nSPS) is 11.2. The molecular formula is C21H20N4O. The van der Waals surface area contributed by atoms with E-state index in [1.54, 1.807) is 10.9 Å². The van der Waals surface area contributed by atoms with E-state index in [0.717, 1.165) is 39.1 Å². The van der Waals surface area contributed by atoms with E-state index in [9.17, 15) is 4.79 Å². The second kappa shape index (κ2) is 5.95. The Morgan fingerprint density at radius 2 is 1.58 bits per heavy atom. The number of aromatic nitrogens is 4. The summed E-state index contributed by atoms with van der Waals surface area (Å²) in [6.45, 7) is 7.95. The predicted molar refractivity (Wildman–Crippen MR) is 103 cm³/mol. The van der Waals surface area contributed by atoms with Crippen LogP contribution in [0.15, 0.2) is 53.5 Å². The van der Waals surface area contributed by atoms with Crippen LogP contribution in [0.5, 0.6) is 0 Å². The highest BCUT2D eigenvalue weighted by Gasteiger charge is 2.17. The standard InChI is InChI=1S/C21H20N4O/c1-13-9-10-19(15(3)11-13)25-21(26)20-17(16(4)23-25)12-22-24(20)18-8-6-5-7-14(18)2/h5-12H,1-4H3. The minimum Gasteiger partial charge on any atom is -0.265 e. The third-order valence-corrected chi connectivity index (χ3v) is 4.73. The lowest BCUT2D eigenvalue weighted by Crippen LogP contribution is -2.24. The zero-order valence-corrected chi connectivity index (χ0v) is 15.3. The Kier molecular flexibility index (Phi) is 3.72. The molecule has 130 valence electrons. The molecule has 0 unspecified atom stereocenters. The fourth-order valence-corrected chi connectivity index (χ4v) is 3.36. The molecule has 5 nitrogen and oxygen atoms in total. The molecule has 4 rings (SSSR count). The van der Waals surface area contributed by atoms with Crippen molar-refractivity contribution in [3.05, 3.63) is 81.4 Å². The van der Waals surface area contributed by atoms with Crippen molar-refractivity contribution in [3.8, 4) is 11.4 Å². The maximum absolute atomic E-state index is 13.3. The van der Waals surface area contributed by atoms with Crippen LogP contribution >= 0.6 is 0 Å². The first-order chi connectivity index (χ1) is 12.5. The van der Waals surface area contributed by atoms with Crippen LogP contribution in [0.25, 0.3) is 22.3 Å². The zero-order valence-electron chi connectivity index (χ0n) is 15.3. The number of nitrogens with zero attached hydrogens (tertiary/aromatic N) is 4. The van der Waals surface area contributed by atoms with E-state index >= 15 is 0 Å². The van der Waals surface area contributed by atoms with Crippen molar-refractivity contribution >= 4 is 10.9 Å². The Hall–Kier alpha value is -3.21. The van der Waals surface area contributed by atoms with Gasteiger partial charge in [-0.2, -0.15) is 14.9 Å². The van der Waals surface area contributed by atoms with E-state index < -0.39 is 0 Å². The molecule has 0 fully saturated rings. The van der Waals surface area contributed by atoms with Crippen LogP contribution in [-0.4, -0.2) is 19.6 Å². The summed E-state index contributed by atoms with van der Waals surface area (Å²) < 4.78 is 3.21. The molecular weight excluding hydrogens is 324 g/mol. The first-order valence-corrected chi connectivity index (χ1v) is 8.58. The van der Waals surface area contributed by atoms with Crippen LogP contribution < -0.4 is 5.56 Å². The molecule has 0 N–H and O–H groups in total. The van der Waals surface area contributed by atoms with Crippen molar-refractivity contribution in [2.45, 2.75) is 27.7 Å². The number of hydrogen-bond acceptors (Lipinski definition) is 3. The van der Waals surface area contributed by atoms with Gasteiger partial charge in [0.15, 0.2) is 0 Å². The molecule has 2 aromatic carbocycles. The average Bonchev–Trinajstić information content (AvgIpc) is 3.05. The maximum Gasteiger partial charge on any atom is 0.298 e. The van der Waals surface area contributed by atoms with Gasteiger partial charge in [-0.1, -0.05) is 35.9 Å². The minimum absolute atomic E-state index is 0.168. The van der Waals surface area contributed by atoms with Gasteiger partial charge in [-0.3, -0.25) is 4.79 Å². The molecule has 0 radical (unpaired) electrons. The van der Waals surface area contributed by atoms with E-state index in [0.29, 0.717) is 5.52 Å². The third kappa shape index (κ3) is 2.44. The molecule has 4 aromatic rings. The number of aryl methyl sites for hydroxylation is 4. The molecule has 0 amide bonds. The number of fused-ring (bicyclic) bond motifs is 1. The SMILES string of the molecule is Cc1ccc(-n2nc(C)c3cnn(-c4ccccc4C)c3c2=O)c(C)c1. The highest BCUT2D eigenvalue weighted by atomic mass is 16.1. The highest BCUT2D eigenvalue weighted by molar-refractivity contribution is 5.81. The predicted octanol–water partition coefficient (Wildman–Crippen LogP) is 3.81. The first-order valence-electron chi connectivity index (χ1n) is 8.58. The number of para-hydroxylation sites is 1. The first kappa shape index (κ1) is 16.3. The Morgan fingerprint density at radius 3 is 2.31 bits per heavy atom. The second-order valence-electron chi connectivity index (χ2n) is 6.70. The van der Waals surface area contributed by atoms with E-state index in [1.165, 1.54) is 4.68 Å². The van der Waals surface area contributed by atoms with E-state index in [2.05, 4.69) is 16.3 Å². The van der Waals surface area contributed by atoms with E-state index in [4.69, 9.17) is 0 Å². The molecule has 2 heterocycles.